The minimum absolute atomic E-state index is 0.808. The highest BCUT2D eigenvalue weighted by Gasteiger charge is 2.09. The average Bonchev–Trinajstić information content (AvgIpc) is 2.41. The van der Waals surface area contributed by atoms with Crippen LogP contribution in [0.4, 0.5) is 5.69 Å². The minimum atomic E-state index is 0.808. The van der Waals surface area contributed by atoms with E-state index in [1.807, 2.05) is 18.2 Å². The molecule has 0 aliphatic heterocycles. The predicted octanol–water partition coefficient (Wildman–Crippen LogP) is 5.18. The third-order valence-corrected chi connectivity index (χ3v) is 4.13. The van der Waals surface area contributed by atoms with Crippen LogP contribution in [0.1, 0.15) is 16.7 Å². The molecule has 2 rings (SSSR count). The quantitative estimate of drug-likeness (QED) is 0.694. The molecule has 100 valence electrons. The monoisotopic (exact) mass is 337 g/mol. The van der Waals surface area contributed by atoms with Gasteiger partial charge in [-0.25, -0.2) is 0 Å². The molecule has 0 heterocycles. The molecule has 0 saturated carbocycles. The van der Waals surface area contributed by atoms with E-state index in [1.165, 1.54) is 16.8 Å². The molecule has 0 saturated heterocycles. The number of benzene rings is 2. The zero-order chi connectivity index (χ0) is 13.8. The lowest BCUT2D eigenvalue weighted by Gasteiger charge is -2.23. The van der Waals surface area contributed by atoms with Crippen LogP contribution in [0, 0.1) is 6.92 Å². The predicted molar refractivity (Wildman–Crippen MR) is 87.4 cm³/mol. The van der Waals surface area contributed by atoms with Gasteiger partial charge in [-0.05, 0) is 30.2 Å². The fourth-order valence-corrected chi connectivity index (χ4v) is 2.81. The van der Waals surface area contributed by atoms with Crippen molar-refractivity contribution in [2.24, 2.45) is 0 Å². The molecule has 1 nitrogen and oxygen atoms in total. The zero-order valence-electron chi connectivity index (χ0n) is 11.2. The SMILES string of the molecule is Cc1ccc(N(C)Cc2ccccc2Cl)c(CBr)c1. The molecule has 0 aliphatic carbocycles. The third kappa shape index (κ3) is 3.52. The minimum Gasteiger partial charge on any atom is -0.370 e. The van der Waals surface area contributed by atoms with Crippen LogP contribution < -0.4 is 4.90 Å². The van der Waals surface area contributed by atoms with Crippen molar-refractivity contribution < 1.29 is 0 Å². The lowest BCUT2D eigenvalue weighted by molar-refractivity contribution is 0.916. The van der Waals surface area contributed by atoms with Gasteiger partial charge in [0.25, 0.3) is 0 Å². The molecule has 19 heavy (non-hydrogen) atoms. The van der Waals surface area contributed by atoms with Gasteiger partial charge in [0.2, 0.25) is 0 Å². The highest BCUT2D eigenvalue weighted by atomic mass is 79.9. The first-order valence-corrected chi connectivity index (χ1v) is 7.72. The van der Waals surface area contributed by atoms with Gasteiger partial charge in [-0.2, -0.15) is 0 Å². The number of hydrogen-bond donors (Lipinski definition) is 0. The zero-order valence-corrected chi connectivity index (χ0v) is 13.5. The van der Waals surface area contributed by atoms with E-state index in [4.69, 9.17) is 11.6 Å². The molecule has 0 aliphatic rings. The van der Waals surface area contributed by atoms with Gasteiger partial charge in [-0.1, -0.05) is 63.4 Å². The van der Waals surface area contributed by atoms with Crippen LogP contribution in [-0.4, -0.2) is 7.05 Å². The fourth-order valence-electron chi connectivity index (χ4n) is 2.16. The molecule has 3 heteroatoms. The van der Waals surface area contributed by atoms with Crippen molar-refractivity contribution in [2.45, 2.75) is 18.8 Å². The van der Waals surface area contributed by atoms with E-state index >= 15 is 0 Å². The van der Waals surface area contributed by atoms with Crippen LogP contribution in [0.5, 0.6) is 0 Å². The summed E-state index contributed by atoms with van der Waals surface area (Å²) in [5, 5.41) is 1.68. The fraction of sp³-hybridized carbons (Fsp3) is 0.250. The Morgan fingerprint density at radius 1 is 1.11 bits per heavy atom. The average molecular weight is 339 g/mol. The van der Waals surface area contributed by atoms with E-state index in [9.17, 15) is 0 Å². The van der Waals surface area contributed by atoms with Crippen molar-refractivity contribution in [1.82, 2.24) is 0 Å². The van der Waals surface area contributed by atoms with Crippen LogP contribution in [0.15, 0.2) is 42.5 Å². The molecule has 0 N–H and O–H groups in total. The van der Waals surface area contributed by atoms with Gasteiger partial charge in [-0.15, -0.1) is 0 Å². The number of anilines is 1. The molecule has 2 aromatic rings. The van der Waals surface area contributed by atoms with Crippen molar-refractivity contribution in [3.05, 3.63) is 64.2 Å². The molecular formula is C16H17BrClN. The molecule has 0 spiro atoms. The summed E-state index contributed by atoms with van der Waals surface area (Å²) >= 11 is 9.78. The van der Waals surface area contributed by atoms with Crippen molar-refractivity contribution in [3.8, 4) is 0 Å². The molecule has 0 aromatic heterocycles. The summed E-state index contributed by atoms with van der Waals surface area (Å²) in [5.74, 6) is 0. The van der Waals surface area contributed by atoms with E-state index in [2.05, 4.69) is 59.1 Å². The Morgan fingerprint density at radius 3 is 2.53 bits per heavy atom. The highest BCUT2D eigenvalue weighted by molar-refractivity contribution is 9.08. The maximum atomic E-state index is 6.22. The largest absolute Gasteiger partial charge is 0.370 e. The Kier molecular flexibility index (Phi) is 4.89. The van der Waals surface area contributed by atoms with E-state index in [0.29, 0.717) is 0 Å². The Balaban J connectivity index is 2.25. The van der Waals surface area contributed by atoms with Gasteiger partial charge in [0.15, 0.2) is 0 Å². The Labute approximate surface area is 128 Å². The van der Waals surface area contributed by atoms with Crippen LogP contribution >= 0.6 is 27.5 Å². The summed E-state index contributed by atoms with van der Waals surface area (Å²) in [7, 11) is 2.10. The highest BCUT2D eigenvalue weighted by Crippen LogP contribution is 2.26. The molecule has 2 aromatic carbocycles. The maximum Gasteiger partial charge on any atom is 0.0455 e. The maximum absolute atomic E-state index is 6.22. The van der Waals surface area contributed by atoms with E-state index in [1.54, 1.807) is 0 Å². The van der Waals surface area contributed by atoms with Crippen molar-refractivity contribution >= 4 is 33.2 Å². The topological polar surface area (TPSA) is 3.24 Å². The second-order valence-electron chi connectivity index (χ2n) is 4.71. The van der Waals surface area contributed by atoms with E-state index in [0.717, 1.165) is 22.5 Å². The Hall–Kier alpha value is -0.990. The number of alkyl halides is 1. The van der Waals surface area contributed by atoms with E-state index in [-0.39, 0.29) is 0 Å². The summed E-state index contributed by atoms with van der Waals surface area (Å²) in [6, 6.07) is 14.5. The number of nitrogens with zero attached hydrogens (tertiary/aromatic N) is 1. The Morgan fingerprint density at radius 2 is 1.84 bits per heavy atom. The smallest absolute Gasteiger partial charge is 0.0455 e. The first-order chi connectivity index (χ1) is 9.11. The van der Waals surface area contributed by atoms with Gasteiger partial charge < -0.3 is 4.90 Å². The second-order valence-corrected chi connectivity index (χ2v) is 5.68. The summed E-state index contributed by atoms with van der Waals surface area (Å²) in [6.45, 7) is 2.92. The molecule has 0 unspecified atom stereocenters. The first kappa shape index (κ1) is 14.4. The summed E-state index contributed by atoms with van der Waals surface area (Å²) in [6.07, 6.45) is 0. The number of rotatable bonds is 4. The second kappa shape index (κ2) is 6.44. The van der Waals surface area contributed by atoms with Gasteiger partial charge in [-0.3, -0.25) is 0 Å². The third-order valence-electron chi connectivity index (χ3n) is 3.16. The van der Waals surface area contributed by atoms with Gasteiger partial charge in [0, 0.05) is 29.6 Å². The summed E-state index contributed by atoms with van der Waals surface area (Å²) in [5.41, 5.74) is 4.97. The summed E-state index contributed by atoms with van der Waals surface area (Å²) < 4.78 is 0. The molecule has 0 bridgehead atoms. The lowest BCUT2D eigenvalue weighted by atomic mass is 10.1. The van der Waals surface area contributed by atoms with Crippen LogP contribution in [0.25, 0.3) is 0 Å². The Bertz CT molecular complexity index is 568. The van der Waals surface area contributed by atoms with Crippen LogP contribution in [-0.2, 0) is 11.9 Å². The molecule has 0 fully saturated rings. The van der Waals surface area contributed by atoms with Crippen molar-refractivity contribution in [1.29, 1.82) is 0 Å². The van der Waals surface area contributed by atoms with Crippen LogP contribution in [0.2, 0.25) is 5.02 Å². The van der Waals surface area contributed by atoms with Crippen molar-refractivity contribution in [2.75, 3.05) is 11.9 Å². The van der Waals surface area contributed by atoms with Gasteiger partial charge >= 0.3 is 0 Å². The number of aryl methyl sites for hydroxylation is 1. The number of halogens is 2. The standard InChI is InChI=1S/C16H17BrClN/c1-12-7-8-16(14(9-12)10-17)19(2)11-13-5-3-4-6-15(13)18/h3-9H,10-11H2,1-2H3. The summed E-state index contributed by atoms with van der Waals surface area (Å²) in [4.78, 5) is 2.23. The first-order valence-electron chi connectivity index (χ1n) is 6.22. The molecule has 0 amide bonds. The lowest BCUT2D eigenvalue weighted by Crippen LogP contribution is -2.18. The number of hydrogen-bond acceptors (Lipinski definition) is 1. The van der Waals surface area contributed by atoms with Crippen molar-refractivity contribution in [3.63, 3.8) is 0 Å². The molecule has 0 radical (unpaired) electrons. The van der Waals surface area contributed by atoms with Crippen LogP contribution in [0.3, 0.4) is 0 Å². The van der Waals surface area contributed by atoms with E-state index < -0.39 is 0 Å². The van der Waals surface area contributed by atoms with Gasteiger partial charge in [0.05, 0.1) is 0 Å². The molecule has 0 atom stereocenters. The normalized spacial score (nSPS) is 10.5. The molecular weight excluding hydrogens is 322 g/mol. The van der Waals surface area contributed by atoms with Gasteiger partial charge in [0.1, 0.15) is 0 Å².